The maximum Gasteiger partial charge on any atom is 0.145 e. The highest BCUT2D eigenvalue weighted by Gasteiger charge is 2.08. The molecule has 1 N–H and O–H groups in total. The van der Waals surface area contributed by atoms with Crippen molar-refractivity contribution in [3.8, 4) is 0 Å². The van der Waals surface area contributed by atoms with Crippen LogP contribution in [0.2, 0.25) is 0 Å². The fourth-order valence-electron chi connectivity index (χ4n) is 0.381. The van der Waals surface area contributed by atoms with Gasteiger partial charge in [0, 0.05) is 6.54 Å². The van der Waals surface area contributed by atoms with Gasteiger partial charge in [0.2, 0.25) is 0 Å². The summed E-state index contributed by atoms with van der Waals surface area (Å²) in [6.07, 6.45) is 0. The van der Waals surface area contributed by atoms with Gasteiger partial charge in [0.15, 0.2) is 0 Å². The lowest BCUT2D eigenvalue weighted by atomic mass is 10.7. The first-order valence-electron chi connectivity index (χ1n) is 1.86. The van der Waals surface area contributed by atoms with E-state index in [0.717, 1.165) is 6.54 Å². The first kappa shape index (κ1) is 4.37. The third-order valence-corrected chi connectivity index (χ3v) is 0.951. The number of ether oxygens (including phenoxy) is 1. The molecule has 1 heterocycles. The predicted octanol–water partition coefficient (Wildman–Crippen LogP) is 0.129. The molecule has 1 atom stereocenters. The lowest BCUT2D eigenvalue weighted by molar-refractivity contribution is 0.167. The van der Waals surface area contributed by atoms with Gasteiger partial charge in [-0.15, -0.1) is 0 Å². The Hall–Kier alpha value is 0.210. The van der Waals surface area contributed by atoms with E-state index >= 15 is 0 Å². The molecule has 36 valence electrons. The smallest absolute Gasteiger partial charge is 0.145 e. The highest BCUT2D eigenvalue weighted by atomic mass is 35.5. The quantitative estimate of drug-likeness (QED) is 0.445. The molecule has 6 heavy (non-hydrogen) atoms. The van der Waals surface area contributed by atoms with E-state index in [9.17, 15) is 0 Å². The third kappa shape index (κ3) is 0.834. The fraction of sp³-hybridized carbons (Fsp3) is 1.00. The summed E-state index contributed by atoms with van der Waals surface area (Å²) in [4.78, 5) is 0. The Kier molecular flexibility index (Phi) is 1.29. The predicted molar refractivity (Wildman–Crippen MR) is 23.6 cm³/mol. The van der Waals surface area contributed by atoms with Gasteiger partial charge in [0.05, 0.1) is 6.73 Å². The Morgan fingerprint density at radius 1 is 1.83 bits per heavy atom. The van der Waals surface area contributed by atoms with Crippen molar-refractivity contribution in [2.24, 2.45) is 0 Å². The lowest BCUT2D eigenvalue weighted by Crippen LogP contribution is -2.07. The summed E-state index contributed by atoms with van der Waals surface area (Å²) in [7, 11) is 0. The average Bonchev–Trinajstić information content (AvgIpc) is 1.86. The van der Waals surface area contributed by atoms with Gasteiger partial charge in [0.25, 0.3) is 0 Å². The van der Waals surface area contributed by atoms with Crippen LogP contribution in [0.1, 0.15) is 0 Å². The SMILES string of the molecule is ClC1CNCO1. The van der Waals surface area contributed by atoms with Crippen molar-refractivity contribution in [2.45, 2.75) is 5.56 Å². The van der Waals surface area contributed by atoms with Crippen LogP contribution in [0.5, 0.6) is 0 Å². The van der Waals surface area contributed by atoms with Crippen LogP contribution >= 0.6 is 11.6 Å². The van der Waals surface area contributed by atoms with Crippen molar-refractivity contribution in [3.05, 3.63) is 0 Å². The van der Waals surface area contributed by atoms with Crippen LogP contribution in [0.25, 0.3) is 0 Å². The maximum absolute atomic E-state index is 5.43. The standard InChI is InChI=1S/C3H6ClNO/c4-3-1-5-2-6-3/h3,5H,1-2H2. The van der Waals surface area contributed by atoms with E-state index in [2.05, 4.69) is 5.32 Å². The highest BCUT2D eigenvalue weighted by molar-refractivity contribution is 6.19. The van der Waals surface area contributed by atoms with Crippen LogP contribution in [-0.2, 0) is 4.74 Å². The number of hydrogen-bond donors (Lipinski definition) is 1. The summed E-state index contributed by atoms with van der Waals surface area (Å²) in [6.45, 7) is 1.38. The summed E-state index contributed by atoms with van der Waals surface area (Å²) in [6, 6.07) is 0. The van der Waals surface area contributed by atoms with E-state index < -0.39 is 0 Å². The molecular formula is C3H6ClNO. The Labute approximate surface area is 41.4 Å². The Bertz CT molecular complexity index is 44.1. The molecule has 1 rings (SSSR count). The van der Waals surface area contributed by atoms with Crippen molar-refractivity contribution in [1.29, 1.82) is 0 Å². The Balaban J connectivity index is 2.18. The van der Waals surface area contributed by atoms with Crippen LogP contribution in [0, 0.1) is 0 Å². The molecule has 1 aliphatic heterocycles. The summed E-state index contributed by atoms with van der Waals surface area (Å²) in [5.41, 5.74) is -0.0926. The molecule has 1 fully saturated rings. The van der Waals surface area contributed by atoms with Gasteiger partial charge in [-0.25, -0.2) is 0 Å². The molecule has 0 spiro atoms. The number of alkyl halides is 1. The summed E-state index contributed by atoms with van der Waals surface area (Å²) in [5, 5.41) is 2.92. The molecule has 0 radical (unpaired) electrons. The lowest BCUT2D eigenvalue weighted by Gasteiger charge is -1.89. The molecule has 1 unspecified atom stereocenters. The first-order chi connectivity index (χ1) is 2.89. The maximum atomic E-state index is 5.43. The molecule has 2 nitrogen and oxygen atoms in total. The molecule has 0 amide bonds. The Morgan fingerprint density at radius 3 is 2.83 bits per heavy atom. The highest BCUT2D eigenvalue weighted by Crippen LogP contribution is 1.99. The van der Waals surface area contributed by atoms with Crippen molar-refractivity contribution in [2.75, 3.05) is 13.3 Å². The number of halogens is 1. The summed E-state index contributed by atoms with van der Waals surface area (Å²) < 4.78 is 4.81. The monoisotopic (exact) mass is 107 g/mol. The van der Waals surface area contributed by atoms with E-state index in [4.69, 9.17) is 16.3 Å². The second kappa shape index (κ2) is 1.78. The van der Waals surface area contributed by atoms with E-state index in [0.29, 0.717) is 6.73 Å². The minimum Gasteiger partial charge on any atom is -0.346 e. The molecule has 3 heteroatoms. The van der Waals surface area contributed by atoms with Gasteiger partial charge in [0.1, 0.15) is 5.56 Å². The van der Waals surface area contributed by atoms with Crippen LogP contribution in [-0.4, -0.2) is 18.8 Å². The van der Waals surface area contributed by atoms with Crippen LogP contribution < -0.4 is 5.32 Å². The second-order valence-electron chi connectivity index (χ2n) is 1.18. The van der Waals surface area contributed by atoms with Gasteiger partial charge >= 0.3 is 0 Å². The van der Waals surface area contributed by atoms with E-state index in [1.165, 1.54) is 0 Å². The van der Waals surface area contributed by atoms with Gasteiger partial charge in [-0.1, -0.05) is 11.6 Å². The largest absolute Gasteiger partial charge is 0.346 e. The number of hydrogen-bond acceptors (Lipinski definition) is 2. The van der Waals surface area contributed by atoms with E-state index in [-0.39, 0.29) is 5.56 Å². The van der Waals surface area contributed by atoms with Crippen LogP contribution in [0.3, 0.4) is 0 Å². The van der Waals surface area contributed by atoms with E-state index in [1.807, 2.05) is 0 Å². The summed E-state index contributed by atoms with van der Waals surface area (Å²) >= 11 is 5.43. The Morgan fingerprint density at radius 2 is 2.67 bits per heavy atom. The van der Waals surface area contributed by atoms with E-state index in [1.54, 1.807) is 0 Å². The van der Waals surface area contributed by atoms with Crippen molar-refractivity contribution >= 4 is 11.6 Å². The molecule has 1 saturated heterocycles. The zero-order valence-electron chi connectivity index (χ0n) is 3.28. The average molecular weight is 108 g/mol. The molecular weight excluding hydrogens is 101 g/mol. The molecule has 0 saturated carbocycles. The first-order valence-corrected chi connectivity index (χ1v) is 2.29. The van der Waals surface area contributed by atoms with Crippen LogP contribution in [0.15, 0.2) is 0 Å². The molecule has 0 aromatic carbocycles. The molecule has 0 aliphatic carbocycles. The van der Waals surface area contributed by atoms with Gasteiger partial charge < -0.3 is 4.74 Å². The molecule has 0 aromatic rings. The summed E-state index contributed by atoms with van der Waals surface area (Å²) in [5.74, 6) is 0. The molecule has 1 aliphatic rings. The normalized spacial score (nSPS) is 34.5. The van der Waals surface area contributed by atoms with Gasteiger partial charge in [-0.2, -0.15) is 0 Å². The van der Waals surface area contributed by atoms with Crippen molar-refractivity contribution < 1.29 is 4.74 Å². The number of rotatable bonds is 0. The minimum absolute atomic E-state index is 0.0926. The molecule has 0 aromatic heterocycles. The fourth-order valence-corrected chi connectivity index (χ4v) is 0.553. The minimum atomic E-state index is -0.0926. The molecule has 0 bridgehead atoms. The zero-order chi connectivity index (χ0) is 4.41. The van der Waals surface area contributed by atoms with Gasteiger partial charge in [-0.05, 0) is 0 Å². The van der Waals surface area contributed by atoms with Gasteiger partial charge in [-0.3, -0.25) is 5.32 Å². The van der Waals surface area contributed by atoms with Crippen molar-refractivity contribution in [1.82, 2.24) is 5.32 Å². The second-order valence-corrected chi connectivity index (χ2v) is 1.66. The zero-order valence-corrected chi connectivity index (χ0v) is 4.03. The van der Waals surface area contributed by atoms with Crippen LogP contribution in [0.4, 0.5) is 0 Å². The third-order valence-electron chi connectivity index (χ3n) is 0.671. The van der Waals surface area contributed by atoms with Crippen molar-refractivity contribution in [3.63, 3.8) is 0 Å². The topological polar surface area (TPSA) is 21.3 Å². The number of nitrogens with one attached hydrogen (secondary N) is 1.